The van der Waals surface area contributed by atoms with E-state index in [4.69, 9.17) is 9.47 Å². The highest BCUT2D eigenvalue weighted by Crippen LogP contribution is 2.33. The van der Waals surface area contributed by atoms with Gasteiger partial charge in [0.25, 0.3) is 0 Å². The van der Waals surface area contributed by atoms with Crippen LogP contribution in [0.4, 0.5) is 0 Å². The van der Waals surface area contributed by atoms with E-state index in [9.17, 15) is 5.11 Å². The highest BCUT2D eigenvalue weighted by Gasteiger charge is 2.33. The maximum atomic E-state index is 9.79. The van der Waals surface area contributed by atoms with E-state index in [1.165, 1.54) is 0 Å². The summed E-state index contributed by atoms with van der Waals surface area (Å²) in [5.74, 6) is 2.08. The topological polar surface area (TPSA) is 63.6 Å². The minimum Gasteiger partial charge on any atom is -0.493 e. The Labute approximate surface area is 126 Å². The lowest BCUT2D eigenvalue weighted by Gasteiger charge is -2.39. The molecule has 5 nitrogen and oxygen atoms in total. The Morgan fingerprint density at radius 3 is 2.62 bits per heavy atom. The van der Waals surface area contributed by atoms with Gasteiger partial charge >= 0.3 is 0 Å². The molecule has 1 heterocycles. The Morgan fingerprint density at radius 1 is 1.33 bits per heavy atom. The Hall–Kier alpha value is -1.33. The highest BCUT2D eigenvalue weighted by atomic mass is 16.5. The molecular formula is C16H26N2O3. The first-order valence-electron chi connectivity index (χ1n) is 7.56. The van der Waals surface area contributed by atoms with Gasteiger partial charge in [0.05, 0.1) is 26.5 Å². The molecule has 2 rings (SSSR count). The fraction of sp³-hybridized carbons (Fsp3) is 0.688. The Morgan fingerprint density at radius 2 is 2.05 bits per heavy atom. The van der Waals surface area contributed by atoms with E-state index in [-0.39, 0.29) is 12.1 Å². The van der Waals surface area contributed by atoms with Gasteiger partial charge in [-0.15, -0.1) is 0 Å². The molecule has 1 aromatic rings. The molecule has 0 aromatic carbocycles. The van der Waals surface area contributed by atoms with E-state index < -0.39 is 0 Å². The first-order chi connectivity index (χ1) is 10.1. The zero-order chi connectivity index (χ0) is 15.3. The summed E-state index contributed by atoms with van der Waals surface area (Å²) in [4.78, 5) is 4.37. The molecule has 5 heteroatoms. The van der Waals surface area contributed by atoms with Crippen molar-refractivity contribution in [1.82, 2.24) is 10.3 Å². The van der Waals surface area contributed by atoms with E-state index in [2.05, 4.69) is 17.2 Å². The molecule has 0 saturated heterocycles. The van der Waals surface area contributed by atoms with Crippen molar-refractivity contribution in [3.63, 3.8) is 0 Å². The summed E-state index contributed by atoms with van der Waals surface area (Å²) in [6.45, 7) is 3.00. The van der Waals surface area contributed by atoms with Gasteiger partial charge in [-0.25, -0.2) is 0 Å². The number of ether oxygens (including phenoxy) is 2. The summed E-state index contributed by atoms with van der Waals surface area (Å²) in [5, 5.41) is 13.3. The number of nitrogens with one attached hydrogen (secondary N) is 1. The first kappa shape index (κ1) is 16.0. The van der Waals surface area contributed by atoms with Gasteiger partial charge in [0.1, 0.15) is 0 Å². The van der Waals surface area contributed by atoms with Crippen molar-refractivity contribution in [2.45, 2.75) is 44.7 Å². The number of aliphatic hydroxyl groups is 1. The van der Waals surface area contributed by atoms with Crippen LogP contribution in [0.3, 0.4) is 0 Å². The van der Waals surface area contributed by atoms with E-state index in [0.717, 1.165) is 37.3 Å². The number of pyridine rings is 1. The van der Waals surface area contributed by atoms with Gasteiger partial charge in [0, 0.05) is 24.3 Å². The van der Waals surface area contributed by atoms with Crippen LogP contribution in [-0.4, -0.2) is 36.5 Å². The molecule has 0 radical (unpaired) electrons. The fourth-order valence-electron chi connectivity index (χ4n) is 2.95. The zero-order valence-electron chi connectivity index (χ0n) is 13.2. The second-order valence-electron chi connectivity index (χ2n) is 5.97. The highest BCUT2D eigenvalue weighted by molar-refractivity contribution is 5.42. The molecule has 2 N–H and O–H groups in total. The normalized spacial score (nSPS) is 25.6. The van der Waals surface area contributed by atoms with Crippen molar-refractivity contribution in [3.05, 3.63) is 18.0 Å². The SMILES string of the molecule is COc1ccnc(CNC2(CO)CCC(C)CC2)c1OC. The standard InChI is InChI=1S/C16H26N2O3/c1-12-4-7-16(11-19,8-5-12)18-10-13-15(21-3)14(20-2)6-9-17-13/h6,9,12,18-19H,4-5,7-8,10-11H2,1-3H3. The second-order valence-corrected chi connectivity index (χ2v) is 5.97. The fourth-order valence-corrected chi connectivity index (χ4v) is 2.95. The third-order valence-electron chi connectivity index (χ3n) is 4.53. The van der Waals surface area contributed by atoms with E-state index in [1.807, 2.05) is 0 Å². The predicted molar refractivity (Wildman–Crippen MR) is 81.6 cm³/mol. The molecule has 118 valence electrons. The van der Waals surface area contributed by atoms with E-state index >= 15 is 0 Å². The molecule has 0 spiro atoms. The van der Waals surface area contributed by atoms with Crippen molar-refractivity contribution in [3.8, 4) is 11.5 Å². The van der Waals surface area contributed by atoms with Crippen LogP contribution in [0.5, 0.6) is 11.5 Å². The number of aliphatic hydroxyl groups excluding tert-OH is 1. The van der Waals surface area contributed by atoms with Gasteiger partial charge in [0.15, 0.2) is 11.5 Å². The van der Waals surface area contributed by atoms with E-state index in [1.54, 1.807) is 26.5 Å². The number of hydrogen-bond donors (Lipinski definition) is 2. The van der Waals surface area contributed by atoms with Crippen molar-refractivity contribution in [1.29, 1.82) is 0 Å². The average molecular weight is 294 g/mol. The van der Waals surface area contributed by atoms with Crippen molar-refractivity contribution < 1.29 is 14.6 Å². The minimum absolute atomic E-state index is 0.159. The molecule has 0 aliphatic heterocycles. The summed E-state index contributed by atoms with van der Waals surface area (Å²) in [6.07, 6.45) is 6.01. The molecule has 0 amide bonds. The Kier molecular flexibility index (Phi) is 5.42. The summed E-state index contributed by atoms with van der Waals surface area (Å²) in [5.41, 5.74) is 0.616. The van der Waals surface area contributed by atoms with Crippen LogP contribution in [-0.2, 0) is 6.54 Å². The summed E-state index contributed by atoms with van der Waals surface area (Å²) < 4.78 is 10.7. The summed E-state index contributed by atoms with van der Waals surface area (Å²) >= 11 is 0. The maximum absolute atomic E-state index is 9.79. The molecular weight excluding hydrogens is 268 g/mol. The maximum Gasteiger partial charge on any atom is 0.183 e. The van der Waals surface area contributed by atoms with Gasteiger partial charge in [-0.05, 0) is 31.6 Å². The zero-order valence-corrected chi connectivity index (χ0v) is 13.2. The Bertz CT molecular complexity index is 457. The minimum atomic E-state index is -0.192. The van der Waals surface area contributed by atoms with Gasteiger partial charge in [-0.1, -0.05) is 6.92 Å². The third-order valence-corrected chi connectivity index (χ3v) is 4.53. The van der Waals surface area contributed by atoms with Crippen LogP contribution in [0.25, 0.3) is 0 Å². The largest absolute Gasteiger partial charge is 0.493 e. The van der Waals surface area contributed by atoms with Crippen LogP contribution in [0.15, 0.2) is 12.3 Å². The van der Waals surface area contributed by atoms with E-state index in [0.29, 0.717) is 18.0 Å². The smallest absolute Gasteiger partial charge is 0.183 e. The van der Waals surface area contributed by atoms with Crippen LogP contribution < -0.4 is 14.8 Å². The number of hydrogen-bond acceptors (Lipinski definition) is 5. The lowest BCUT2D eigenvalue weighted by Crippen LogP contribution is -2.50. The number of aromatic nitrogens is 1. The second kappa shape index (κ2) is 7.09. The molecule has 0 bridgehead atoms. The molecule has 1 aliphatic carbocycles. The summed E-state index contributed by atoms with van der Waals surface area (Å²) in [7, 11) is 3.24. The van der Waals surface area contributed by atoms with Crippen LogP contribution in [0.2, 0.25) is 0 Å². The Balaban J connectivity index is 2.08. The van der Waals surface area contributed by atoms with Gasteiger partial charge in [0.2, 0.25) is 0 Å². The molecule has 0 atom stereocenters. The lowest BCUT2D eigenvalue weighted by molar-refractivity contribution is 0.103. The summed E-state index contributed by atoms with van der Waals surface area (Å²) in [6, 6.07) is 1.78. The molecule has 0 unspecified atom stereocenters. The van der Waals surface area contributed by atoms with Crippen molar-refractivity contribution >= 4 is 0 Å². The number of methoxy groups -OCH3 is 2. The van der Waals surface area contributed by atoms with Crippen molar-refractivity contribution in [2.75, 3.05) is 20.8 Å². The van der Waals surface area contributed by atoms with Gasteiger partial charge in [-0.2, -0.15) is 0 Å². The van der Waals surface area contributed by atoms with Crippen molar-refractivity contribution in [2.24, 2.45) is 5.92 Å². The van der Waals surface area contributed by atoms with Gasteiger partial charge < -0.3 is 19.9 Å². The average Bonchev–Trinajstić information content (AvgIpc) is 2.54. The molecule has 1 aromatic heterocycles. The predicted octanol–water partition coefficient (Wildman–Crippen LogP) is 2.13. The number of nitrogens with zero attached hydrogens (tertiary/aromatic N) is 1. The molecule has 1 fully saturated rings. The first-order valence-corrected chi connectivity index (χ1v) is 7.56. The third kappa shape index (κ3) is 3.66. The number of rotatable bonds is 6. The molecule has 1 saturated carbocycles. The van der Waals surface area contributed by atoms with Crippen LogP contribution in [0.1, 0.15) is 38.3 Å². The molecule has 21 heavy (non-hydrogen) atoms. The lowest BCUT2D eigenvalue weighted by atomic mass is 9.77. The molecule has 1 aliphatic rings. The van der Waals surface area contributed by atoms with Crippen LogP contribution in [0, 0.1) is 5.92 Å². The quantitative estimate of drug-likeness (QED) is 0.841. The van der Waals surface area contributed by atoms with Gasteiger partial charge in [-0.3, -0.25) is 4.98 Å². The van der Waals surface area contributed by atoms with Crippen LogP contribution >= 0.6 is 0 Å². The monoisotopic (exact) mass is 294 g/mol.